The van der Waals surface area contributed by atoms with Crippen molar-refractivity contribution in [3.63, 3.8) is 0 Å². The number of para-hydroxylation sites is 1. The minimum absolute atomic E-state index is 0.157. The first kappa shape index (κ1) is 21.0. The molecular weight excluding hydrogens is 388 g/mol. The van der Waals surface area contributed by atoms with E-state index in [2.05, 4.69) is 0 Å². The minimum Gasteiger partial charge on any atom is -0.507 e. The average Bonchev–Trinajstić information content (AvgIpc) is 3.01. The van der Waals surface area contributed by atoms with Crippen LogP contribution in [0.5, 0.6) is 5.75 Å². The van der Waals surface area contributed by atoms with E-state index >= 15 is 0 Å². The second-order valence-corrected chi connectivity index (χ2v) is 6.89. The number of nitro benzene ring substituents is 1. The molecule has 1 saturated heterocycles. The third-order valence-corrected chi connectivity index (χ3v) is 5.08. The molecular formula is C22H22N2O6. The third-order valence-electron chi connectivity index (χ3n) is 5.08. The van der Waals surface area contributed by atoms with E-state index in [0.29, 0.717) is 17.7 Å². The first-order valence-corrected chi connectivity index (χ1v) is 9.56. The van der Waals surface area contributed by atoms with Gasteiger partial charge in [0, 0.05) is 18.2 Å². The number of ketones is 1. The largest absolute Gasteiger partial charge is 0.507 e. The topological polar surface area (TPSA) is 110 Å². The molecule has 8 nitrogen and oxygen atoms in total. The first-order chi connectivity index (χ1) is 14.4. The fourth-order valence-electron chi connectivity index (χ4n) is 3.55. The average molecular weight is 410 g/mol. The van der Waals surface area contributed by atoms with Crippen LogP contribution in [0.3, 0.4) is 0 Å². The summed E-state index contributed by atoms with van der Waals surface area (Å²) in [6, 6.07) is 11.3. The van der Waals surface area contributed by atoms with Crippen LogP contribution in [0.2, 0.25) is 0 Å². The van der Waals surface area contributed by atoms with Crippen LogP contribution in [0, 0.1) is 10.1 Å². The number of unbranched alkanes of at least 4 members (excludes halogenated alkanes) is 1. The molecule has 8 heteroatoms. The quantitative estimate of drug-likeness (QED) is 0.244. The highest BCUT2D eigenvalue weighted by Gasteiger charge is 2.47. The van der Waals surface area contributed by atoms with Crippen molar-refractivity contribution in [2.24, 2.45) is 0 Å². The maximum absolute atomic E-state index is 12.9. The van der Waals surface area contributed by atoms with E-state index < -0.39 is 22.7 Å². The summed E-state index contributed by atoms with van der Waals surface area (Å²) < 4.78 is 5.10. The molecule has 0 saturated carbocycles. The predicted octanol–water partition coefficient (Wildman–Crippen LogP) is 3.83. The second-order valence-electron chi connectivity index (χ2n) is 6.89. The lowest BCUT2D eigenvalue weighted by Gasteiger charge is -2.25. The Kier molecular flexibility index (Phi) is 6.15. The minimum atomic E-state index is -1.04. The molecule has 1 aliphatic rings. The summed E-state index contributed by atoms with van der Waals surface area (Å²) in [6.07, 6.45) is 1.39. The first-order valence-electron chi connectivity index (χ1n) is 9.56. The van der Waals surface area contributed by atoms with Gasteiger partial charge in [0.2, 0.25) is 0 Å². The second kappa shape index (κ2) is 8.77. The number of benzene rings is 2. The molecule has 1 aliphatic heterocycles. The van der Waals surface area contributed by atoms with Gasteiger partial charge >= 0.3 is 0 Å². The molecule has 1 unspecified atom stereocenters. The van der Waals surface area contributed by atoms with Gasteiger partial charge in [0.05, 0.1) is 29.2 Å². The highest BCUT2D eigenvalue weighted by Crippen LogP contribution is 2.42. The molecule has 0 bridgehead atoms. The summed E-state index contributed by atoms with van der Waals surface area (Å²) in [6.45, 7) is 2.19. The molecule has 2 aromatic carbocycles. The van der Waals surface area contributed by atoms with Crippen LogP contribution in [0.15, 0.2) is 54.1 Å². The van der Waals surface area contributed by atoms with Crippen LogP contribution in [0.25, 0.3) is 5.76 Å². The molecule has 1 atom stereocenters. The summed E-state index contributed by atoms with van der Waals surface area (Å²) in [5, 5.41) is 22.5. The molecule has 2 aromatic rings. The van der Waals surface area contributed by atoms with Crippen molar-refractivity contribution < 1.29 is 24.4 Å². The van der Waals surface area contributed by atoms with Gasteiger partial charge in [0.15, 0.2) is 0 Å². The number of aliphatic hydroxyl groups excluding tert-OH is 1. The van der Waals surface area contributed by atoms with Crippen molar-refractivity contribution >= 4 is 23.1 Å². The lowest BCUT2D eigenvalue weighted by Crippen LogP contribution is -2.30. The molecule has 156 valence electrons. The number of ether oxygens (including phenoxy) is 1. The Morgan fingerprint density at radius 1 is 1.17 bits per heavy atom. The lowest BCUT2D eigenvalue weighted by molar-refractivity contribution is -0.385. The molecule has 0 spiro atoms. The lowest BCUT2D eigenvalue weighted by atomic mass is 9.94. The Hall–Kier alpha value is -3.68. The molecule has 30 heavy (non-hydrogen) atoms. The van der Waals surface area contributed by atoms with Crippen LogP contribution in [0.4, 0.5) is 5.69 Å². The number of nitrogens with zero attached hydrogens (tertiary/aromatic N) is 2. The van der Waals surface area contributed by atoms with E-state index in [1.54, 1.807) is 30.3 Å². The Morgan fingerprint density at radius 3 is 2.43 bits per heavy atom. The fourth-order valence-corrected chi connectivity index (χ4v) is 3.55. The summed E-state index contributed by atoms with van der Waals surface area (Å²) >= 11 is 0. The number of hydrogen-bond donors (Lipinski definition) is 1. The van der Waals surface area contributed by atoms with Crippen molar-refractivity contribution in [2.45, 2.75) is 25.8 Å². The van der Waals surface area contributed by atoms with Gasteiger partial charge in [-0.2, -0.15) is 0 Å². The van der Waals surface area contributed by atoms with Gasteiger partial charge < -0.3 is 14.7 Å². The maximum atomic E-state index is 12.9. The van der Waals surface area contributed by atoms with Crippen molar-refractivity contribution in [2.75, 3.05) is 13.7 Å². The van der Waals surface area contributed by atoms with E-state index in [1.165, 1.54) is 30.2 Å². The van der Waals surface area contributed by atoms with Crippen LogP contribution in [-0.2, 0) is 9.59 Å². The van der Waals surface area contributed by atoms with Crippen molar-refractivity contribution in [3.05, 3.63) is 75.3 Å². The van der Waals surface area contributed by atoms with Crippen molar-refractivity contribution in [3.8, 4) is 5.75 Å². The predicted molar refractivity (Wildman–Crippen MR) is 110 cm³/mol. The van der Waals surface area contributed by atoms with E-state index in [0.717, 1.165) is 6.42 Å². The van der Waals surface area contributed by atoms with E-state index in [4.69, 9.17) is 4.74 Å². The highest BCUT2D eigenvalue weighted by atomic mass is 16.6. The zero-order chi connectivity index (χ0) is 21.8. The van der Waals surface area contributed by atoms with Gasteiger partial charge in [-0.05, 0) is 36.8 Å². The number of Topliss-reactive ketones (excluding diaryl/α,β-unsaturated/α-hetero) is 1. The molecule has 1 N–H and O–H groups in total. The number of likely N-dealkylation sites (tertiary alicyclic amines) is 1. The zero-order valence-corrected chi connectivity index (χ0v) is 16.7. The number of carbonyl (C=O) groups excluding carboxylic acids is 2. The molecule has 0 radical (unpaired) electrons. The van der Waals surface area contributed by atoms with Gasteiger partial charge in [-0.15, -0.1) is 0 Å². The van der Waals surface area contributed by atoms with Crippen LogP contribution < -0.4 is 4.74 Å². The normalized spacial score (nSPS) is 17.9. The van der Waals surface area contributed by atoms with E-state index in [1.807, 2.05) is 6.92 Å². The molecule has 1 heterocycles. The number of methoxy groups -OCH3 is 1. The number of carbonyl (C=O) groups is 2. The Bertz CT molecular complexity index is 1010. The van der Waals surface area contributed by atoms with E-state index in [9.17, 15) is 24.8 Å². The highest BCUT2D eigenvalue weighted by molar-refractivity contribution is 6.46. The Balaban J connectivity index is 2.21. The smallest absolute Gasteiger partial charge is 0.295 e. The molecule has 0 aromatic heterocycles. The summed E-state index contributed by atoms with van der Waals surface area (Å²) in [7, 11) is 1.50. The van der Waals surface area contributed by atoms with Crippen molar-refractivity contribution in [1.29, 1.82) is 0 Å². The SMILES string of the molecule is CCCCN1C(=O)C(=O)C(=C(O)c2ccc(OC)cc2)C1c1ccccc1[N+](=O)[O-]. The fraction of sp³-hybridized carbons (Fsp3) is 0.273. The van der Waals surface area contributed by atoms with Gasteiger partial charge in [0.1, 0.15) is 11.5 Å². The maximum Gasteiger partial charge on any atom is 0.295 e. The van der Waals surface area contributed by atoms with Crippen molar-refractivity contribution in [1.82, 2.24) is 4.90 Å². The molecule has 0 aliphatic carbocycles. The summed E-state index contributed by atoms with van der Waals surface area (Å²) in [4.78, 5) is 38.0. The van der Waals surface area contributed by atoms with Crippen LogP contribution in [-0.4, -0.2) is 40.3 Å². The Labute approximate surface area is 173 Å². The van der Waals surface area contributed by atoms with Crippen LogP contribution >= 0.6 is 0 Å². The van der Waals surface area contributed by atoms with Gasteiger partial charge in [0.25, 0.3) is 17.4 Å². The van der Waals surface area contributed by atoms with Gasteiger partial charge in [-0.25, -0.2) is 0 Å². The summed E-state index contributed by atoms with van der Waals surface area (Å²) in [5.74, 6) is -1.45. The number of rotatable bonds is 7. The van der Waals surface area contributed by atoms with E-state index in [-0.39, 0.29) is 29.1 Å². The summed E-state index contributed by atoms with van der Waals surface area (Å²) in [5.41, 5.74) is 0.128. The number of nitro groups is 1. The standard InChI is InChI=1S/C22H22N2O6/c1-3-4-13-23-19(16-7-5-6-8-17(16)24(28)29)18(21(26)22(23)27)20(25)14-9-11-15(30-2)12-10-14/h5-12,19,25H,3-4,13H2,1-2H3. The molecule has 1 fully saturated rings. The monoisotopic (exact) mass is 410 g/mol. The van der Waals surface area contributed by atoms with Gasteiger partial charge in [-0.1, -0.05) is 25.5 Å². The zero-order valence-electron chi connectivity index (χ0n) is 16.7. The number of amides is 1. The molecule has 3 rings (SSSR count). The number of aliphatic hydroxyl groups is 1. The number of hydrogen-bond acceptors (Lipinski definition) is 6. The third kappa shape index (κ3) is 3.76. The van der Waals surface area contributed by atoms with Gasteiger partial charge in [-0.3, -0.25) is 19.7 Å². The Morgan fingerprint density at radius 2 is 1.83 bits per heavy atom. The molecule has 1 amide bonds. The van der Waals surface area contributed by atoms with Crippen LogP contribution in [0.1, 0.15) is 36.9 Å².